The van der Waals surface area contributed by atoms with Crippen LogP contribution >= 0.6 is 46.4 Å². The van der Waals surface area contributed by atoms with Crippen LogP contribution in [0.4, 0.5) is 31.8 Å². The van der Waals surface area contributed by atoms with Crippen LogP contribution in [-0.2, 0) is 16.8 Å². The van der Waals surface area contributed by atoms with Crippen molar-refractivity contribution < 1.29 is 21.8 Å². The molecule has 1 heterocycles. The van der Waals surface area contributed by atoms with Gasteiger partial charge in [-0.3, -0.25) is 0 Å². The number of nitrogens with one attached hydrogen (secondary N) is 2. The van der Waals surface area contributed by atoms with Gasteiger partial charge in [-0.15, -0.1) is 3.89 Å². The van der Waals surface area contributed by atoms with E-state index < -0.39 is 26.2 Å². The third-order valence-electron chi connectivity index (χ3n) is 5.25. The molecule has 0 fully saturated rings. The maximum atomic E-state index is 13.2. The van der Waals surface area contributed by atoms with Crippen LogP contribution in [0.1, 0.15) is 5.69 Å². The highest BCUT2D eigenvalue weighted by Crippen LogP contribution is 2.34. The summed E-state index contributed by atoms with van der Waals surface area (Å²) in [5.74, 6) is 0.405. The Bertz CT molecular complexity index is 1740. The summed E-state index contributed by atoms with van der Waals surface area (Å²) in [6.07, 6.45) is 0. The minimum Gasteiger partial charge on any atom is -0.487 e. The van der Waals surface area contributed by atoms with Gasteiger partial charge in [-0.1, -0.05) is 52.5 Å². The summed E-state index contributed by atoms with van der Waals surface area (Å²) in [5, 5.41) is 5.39. The number of aromatic nitrogens is 2. The molecule has 1 aromatic heterocycles. The molecule has 4 aromatic rings. The third kappa shape index (κ3) is 6.95. The average molecular weight is 646 g/mol. The van der Waals surface area contributed by atoms with Crippen LogP contribution in [0.2, 0.25) is 20.1 Å². The van der Waals surface area contributed by atoms with E-state index in [2.05, 4.69) is 20.6 Å². The molecule has 0 spiro atoms. The van der Waals surface area contributed by atoms with Gasteiger partial charge >= 0.3 is 16.3 Å². The highest BCUT2D eigenvalue weighted by atomic mass is 35.5. The summed E-state index contributed by atoms with van der Waals surface area (Å²) in [7, 11) is -5.00. The minimum atomic E-state index is -5.00. The van der Waals surface area contributed by atoms with Crippen LogP contribution in [0, 0.1) is 0 Å². The molecule has 0 aliphatic heterocycles. The SMILES string of the molecule is Nc1nc(N)c(-c2ccc(Cl)c(Cl)c2)c(COc2ccc(NC(=O)Nc3ccc(S(=O)(=O)F)c(Cl)c3)c(Cl)c2)n1. The number of hydrogen-bond acceptors (Lipinski definition) is 8. The fourth-order valence-electron chi connectivity index (χ4n) is 3.52. The van der Waals surface area contributed by atoms with E-state index in [0.717, 1.165) is 12.1 Å². The van der Waals surface area contributed by atoms with E-state index in [0.29, 0.717) is 32.6 Å². The van der Waals surface area contributed by atoms with E-state index in [-0.39, 0.29) is 34.8 Å². The molecule has 6 N–H and O–H groups in total. The van der Waals surface area contributed by atoms with Crippen LogP contribution in [0.3, 0.4) is 0 Å². The number of benzene rings is 3. The van der Waals surface area contributed by atoms with Crippen molar-refractivity contribution in [2.45, 2.75) is 11.5 Å². The van der Waals surface area contributed by atoms with Gasteiger partial charge in [0.1, 0.15) is 23.1 Å². The quantitative estimate of drug-likeness (QED) is 0.159. The van der Waals surface area contributed by atoms with E-state index in [1.807, 2.05) is 0 Å². The molecule has 0 aliphatic carbocycles. The molecular weight excluding hydrogens is 629 g/mol. The van der Waals surface area contributed by atoms with Gasteiger partial charge in [0, 0.05) is 17.3 Å². The molecular formula is C24H17Cl4FN6O4S. The average Bonchev–Trinajstić information content (AvgIpc) is 2.85. The Morgan fingerprint density at radius 1 is 0.875 bits per heavy atom. The fraction of sp³-hybridized carbons (Fsp3) is 0.0417. The molecule has 2 amide bonds. The van der Waals surface area contributed by atoms with Gasteiger partial charge in [-0.2, -0.15) is 13.4 Å². The second kappa shape index (κ2) is 11.9. The Kier molecular flexibility index (Phi) is 8.76. The van der Waals surface area contributed by atoms with Gasteiger partial charge in [0.15, 0.2) is 0 Å². The van der Waals surface area contributed by atoms with Crippen molar-refractivity contribution in [1.82, 2.24) is 9.97 Å². The highest BCUT2D eigenvalue weighted by molar-refractivity contribution is 7.86. The topological polar surface area (TPSA) is 162 Å². The lowest BCUT2D eigenvalue weighted by Crippen LogP contribution is -2.19. The highest BCUT2D eigenvalue weighted by Gasteiger charge is 2.18. The van der Waals surface area contributed by atoms with Crippen LogP contribution in [0.25, 0.3) is 11.1 Å². The zero-order valence-corrected chi connectivity index (χ0v) is 23.7. The Morgan fingerprint density at radius 2 is 1.62 bits per heavy atom. The second-order valence-corrected chi connectivity index (χ2v) is 11.0. The van der Waals surface area contributed by atoms with E-state index >= 15 is 0 Å². The van der Waals surface area contributed by atoms with Gasteiger partial charge < -0.3 is 26.8 Å². The predicted octanol–water partition coefficient (Wildman–Crippen LogP) is 6.80. The molecule has 4 rings (SSSR count). The largest absolute Gasteiger partial charge is 0.487 e. The number of rotatable bonds is 7. The summed E-state index contributed by atoms with van der Waals surface area (Å²) in [5.41, 5.74) is 13.7. The summed E-state index contributed by atoms with van der Waals surface area (Å²) >= 11 is 24.3. The first kappa shape index (κ1) is 29.4. The predicted molar refractivity (Wildman–Crippen MR) is 154 cm³/mol. The van der Waals surface area contributed by atoms with Crippen molar-refractivity contribution >= 4 is 85.8 Å². The Balaban J connectivity index is 1.46. The molecule has 0 saturated heterocycles. The molecule has 10 nitrogen and oxygen atoms in total. The minimum absolute atomic E-state index is 0.0502. The zero-order chi connectivity index (χ0) is 29.2. The molecule has 16 heteroatoms. The second-order valence-electron chi connectivity index (χ2n) is 8.01. The van der Waals surface area contributed by atoms with Crippen molar-refractivity contribution in [3.8, 4) is 16.9 Å². The van der Waals surface area contributed by atoms with E-state index in [9.17, 15) is 17.1 Å². The zero-order valence-electron chi connectivity index (χ0n) is 19.9. The Morgan fingerprint density at radius 3 is 2.27 bits per heavy atom. The lowest BCUT2D eigenvalue weighted by atomic mass is 10.0. The van der Waals surface area contributed by atoms with Gasteiger partial charge in [0.25, 0.3) is 0 Å². The molecule has 0 saturated carbocycles. The molecule has 0 aliphatic rings. The standard InChI is InChI=1S/C24H17Cl4FN6O4S/c25-14-4-1-11(7-15(14)26)21-19(33-23(31)35-22(21)30)10-39-13-3-5-18(16(27)9-13)34-24(36)32-12-2-6-20(17(28)8-12)40(29,37)38/h1-9H,10H2,(H2,32,34,36)(H4,30,31,33,35). The number of nitrogen functional groups attached to an aromatic ring is 2. The van der Waals surface area contributed by atoms with Crippen molar-refractivity contribution in [3.63, 3.8) is 0 Å². The molecule has 0 bridgehead atoms. The van der Waals surface area contributed by atoms with Crippen LogP contribution in [-0.4, -0.2) is 24.4 Å². The number of halogens is 5. The van der Waals surface area contributed by atoms with Crippen LogP contribution < -0.4 is 26.8 Å². The molecule has 40 heavy (non-hydrogen) atoms. The first-order valence-corrected chi connectivity index (χ1v) is 13.8. The lowest BCUT2D eigenvalue weighted by molar-refractivity contribution is 0.262. The number of anilines is 4. The summed E-state index contributed by atoms with van der Waals surface area (Å²) < 4.78 is 41.1. The molecule has 0 radical (unpaired) electrons. The van der Waals surface area contributed by atoms with Crippen LogP contribution in [0.15, 0.2) is 59.5 Å². The smallest absolute Gasteiger partial charge is 0.333 e. The maximum absolute atomic E-state index is 13.2. The van der Waals surface area contributed by atoms with Crippen molar-refractivity contribution in [2.75, 3.05) is 22.1 Å². The summed E-state index contributed by atoms with van der Waals surface area (Å²) in [6.45, 7) is -0.0680. The number of urea groups is 1. The van der Waals surface area contributed by atoms with Crippen LogP contribution in [0.5, 0.6) is 5.75 Å². The number of carbonyl (C=O) groups is 1. The first-order valence-electron chi connectivity index (χ1n) is 10.9. The summed E-state index contributed by atoms with van der Waals surface area (Å²) in [6, 6.07) is 11.9. The molecule has 208 valence electrons. The van der Waals surface area contributed by atoms with Gasteiger partial charge in [0.2, 0.25) is 5.95 Å². The van der Waals surface area contributed by atoms with E-state index in [4.69, 9.17) is 62.6 Å². The Hall–Kier alpha value is -3.55. The number of amides is 2. The molecule has 3 aromatic carbocycles. The normalized spacial score (nSPS) is 11.2. The van der Waals surface area contributed by atoms with E-state index in [1.165, 1.54) is 18.2 Å². The van der Waals surface area contributed by atoms with E-state index in [1.54, 1.807) is 24.3 Å². The van der Waals surface area contributed by atoms with Gasteiger partial charge in [-0.05, 0) is 48.0 Å². The third-order valence-corrected chi connectivity index (χ3v) is 7.61. The molecule has 0 atom stereocenters. The first-order chi connectivity index (χ1) is 18.8. The van der Waals surface area contributed by atoms with Crippen molar-refractivity contribution in [3.05, 3.63) is 80.4 Å². The Labute approximate surface area is 247 Å². The van der Waals surface area contributed by atoms with Crippen molar-refractivity contribution in [1.29, 1.82) is 0 Å². The van der Waals surface area contributed by atoms with Gasteiger partial charge in [0.05, 0.1) is 31.5 Å². The number of nitrogens with zero attached hydrogens (tertiary/aromatic N) is 2. The number of hydrogen-bond donors (Lipinski definition) is 4. The van der Waals surface area contributed by atoms with Crippen molar-refractivity contribution in [2.24, 2.45) is 0 Å². The monoisotopic (exact) mass is 644 g/mol. The lowest BCUT2D eigenvalue weighted by Gasteiger charge is -2.14. The maximum Gasteiger partial charge on any atom is 0.333 e. The number of ether oxygens (including phenoxy) is 1. The summed E-state index contributed by atoms with van der Waals surface area (Å²) in [4.78, 5) is 19.9. The van der Waals surface area contributed by atoms with Gasteiger partial charge in [-0.25, -0.2) is 9.78 Å². The fourth-order valence-corrected chi connectivity index (χ4v) is 5.01. The number of carbonyl (C=O) groups excluding carboxylic acids is 1. The molecule has 0 unspecified atom stereocenters. The number of nitrogens with two attached hydrogens (primary N) is 2.